The van der Waals surface area contributed by atoms with Gasteiger partial charge < -0.3 is 9.64 Å². The van der Waals surface area contributed by atoms with Crippen molar-refractivity contribution >= 4 is 5.97 Å². The third kappa shape index (κ3) is 5.22. The van der Waals surface area contributed by atoms with Crippen molar-refractivity contribution in [3.05, 3.63) is 0 Å². The molecule has 0 amide bonds. The molecule has 0 unspecified atom stereocenters. The fourth-order valence-corrected chi connectivity index (χ4v) is 1.59. The molecular formula is C11H23NO2. The van der Waals surface area contributed by atoms with Crippen LogP contribution in [0.2, 0.25) is 0 Å². The number of carbonyl (C=O) groups is 1. The number of ether oxygens (including phenoxy) is 1. The lowest BCUT2D eigenvalue weighted by Gasteiger charge is -2.23. The van der Waals surface area contributed by atoms with Gasteiger partial charge in [-0.2, -0.15) is 0 Å². The standard InChI is InChI=1S/C11H23NO2/c1-5-7-12(8-6-2)9-10(3)11(13)14-4/h10H,5-9H2,1-4H3/t10-/m0/s1. The molecular weight excluding hydrogens is 178 g/mol. The Balaban J connectivity index is 3.94. The van der Waals surface area contributed by atoms with Gasteiger partial charge >= 0.3 is 5.97 Å². The predicted octanol–water partition coefficient (Wildman–Crippen LogP) is 1.92. The maximum atomic E-state index is 11.2. The van der Waals surface area contributed by atoms with Crippen molar-refractivity contribution in [1.82, 2.24) is 4.90 Å². The zero-order valence-corrected chi connectivity index (χ0v) is 9.88. The van der Waals surface area contributed by atoms with Gasteiger partial charge in [0.15, 0.2) is 0 Å². The van der Waals surface area contributed by atoms with Crippen LogP contribution in [0.4, 0.5) is 0 Å². The van der Waals surface area contributed by atoms with Crippen LogP contribution in [0.5, 0.6) is 0 Å². The second-order valence-corrected chi connectivity index (χ2v) is 3.72. The summed E-state index contributed by atoms with van der Waals surface area (Å²) in [6.45, 7) is 9.18. The van der Waals surface area contributed by atoms with Gasteiger partial charge in [0.05, 0.1) is 13.0 Å². The third-order valence-electron chi connectivity index (χ3n) is 2.22. The Bertz CT molecular complexity index is 153. The SMILES string of the molecule is CCCN(CCC)C[C@H](C)C(=O)OC. The number of hydrogen-bond acceptors (Lipinski definition) is 3. The van der Waals surface area contributed by atoms with E-state index in [4.69, 9.17) is 4.74 Å². The molecule has 0 radical (unpaired) electrons. The second kappa shape index (κ2) is 7.80. The molecule has 0 rings (SSSR count). The summed E-state index contributed by atoms with van der Waals surface area (Å²) in [5, 5.41) is 0. The van der Waals surface area contributed by atoms with E-state index in [1.54, 1.807) is 0 Å². The first-order valence-corrected chi connectivity index (χ1v) is 5.45. The molecule has 0 aromatic carbocycles. The molecule has 0 aromatic heterocycles. The zero-order valence-electron chi connectivity index (χ0n) is 9.88. The number of rotatable bonds is 7. The Kier molecular flexibility index (Phi) is 7.48. The van der Waals surface area contributed by atoms with Crippen LogP contribution in [0.25, 0.3) is 0 Å². The monoisotopic (exact) mass is 201 g/mol. The van der Waals surface area contributed by atoms with E-state index in [0.717, 1.165) is 32.5 Å². The number of hydrogen-bond donors (Lipinski definition) is 0. The van der Waals surface area contributed by atoms with Crippen molar-refractivity contribution in [2.75, 3.05) is 26.7 Å². The van der Waals surface area contributed by atoms with Crippen LogP contribution in [0, 0.1) is 5.92 Å². The highest BCUT2D eigenvalue weighted by Crippen LogP contribution is 2.03. The van der Waals surface area contributed by atoms with Crippen molar-refractivity contribution < 1.29 is 9.53 Å². The van der Waals surface area contributed by atoms with Crippen LogP contribution < -0.4 is 0 Å². The number of methoxy groups -OCH3 is 1. The first kappa shape index (κ1) is 13.4. The maximum absolute atomic E-state index is 11.2. The summed E-state index contributed by atoms with van der Waals surface area (Å²) in [7, 11) is 1.45. The Morgan fingerprint density at radius 2 is 1.79 bits per heavy atom. The first-order valence-electron chi connectivity index (χ1n) is 5.45. The zero-order chi connectivity index (χ0) is 11.0. The Labute approximate surface area is 87.4 Å². The van der Waals surface area contributed by atoms with Crippen molar-refractivity contribution in [3.8, 4) is 0 Å². The lowest BCUT2D eigenvalue weighted by Crippen LogP contribution is -2.33. The highest BCUT2D eigenvalue weighted by molar-refractivity contribution is 5.72. The van der Waals surface area contributed by atoms with Gasteiger partial charge in [-0.05, 0) is 25.9 Å². The molecule has 3 heteroatoms. The molecule has 0 aromatic rings. The van der Waals surface area contributed by atoms with Crippen LogP contribution in [0.15, 0.2) is 0 Å². The van der Waals surface area contributed by atoms with E-state index in [1.807, 2.05) is 6.92 Å². The molecule has 0 saturated carbocycles. The molecule has 0 fully saturated rings. The fraction of sp³-hybridized carbons (Fsp3) is 0.909. The maximum Gasteiger partial charge on any atom is 0.309 e. The first-order chi connectivity index (χ1) is 6.65. The van der Waals surface area contributed by atoms with Crippen LogP contribution >= 0.6 is 0 Å². The fourth-order valence-electron chi connectivity index (χ4n) is 1.59. The minimum atomic E-state index is -0.109. The molecule has 0 heterocycles. The largest absolute Gasteiger partial charge is 0.469 e. The number of esters is 1. The normalized spacial score (nSPS) is 12.9. The van der Waals surface area contributed by atoms with E-state index in [0.29, 0.717) is 0 Å². The topological polar surface area (TPSA) is 29.5 Å². The summed E-state index contributed by atoms with van der Waals surface area (Å²) < 4.78 is 4.70. The summed E-state index contributed by atoms with van der Waals surface area (Å²) in [5.74, 6) is -0.125. The second-order valence-electron chi connectivity index (χ2n) is 3.72. The lowest BCUT2D eigenvalue weighted by atomic mass is 10.1. The van der Waals surface area contributed by atoms with E-state index < -0.39 is 0 Å². The molecule has 3 nitrogen and oxygen atoms in total. The molecule has 0 bridgehead atoms. The molecule has 84 valence electrons. The average molecular weight is 201 g/mol. The number of carbonyl (C=O) groups excluding carboxylic acids is 1. The summed E-state index contributed by atoms with van der Waals surface area (Å²) in [6.07, 6.45) is 2.27. The highest BCUT2D eigenvalue weighted by Gasteiger charge is 2.16. The smallest absolute Gasteiger partial charge is 0.309 e. The molecule has 0 aliphatic rings. The Morgan fingerprint density at radius 1 is 1.29 bits per heavy atom. The summed E-state index contributed by atoms with van der Waals surface area (Å²) in [6, 6.07) is 0. The summed E-state index contributed by atoms with van der Waals surface area (Å²) in [4.78, 5) is 13.5. The molecule has 0 saturated heterocycles. The van der Waals surface area contributed by atoms with Gasteiger partial charge in [0.1, 0.15) is 0 Å². The van der Waals surface area contributed by atoms with E-state index >= 15 is 0 Å². The third-order valence-corrected chi connectivity index (χ3v) is 2.22. The van der Waals surface area contributed by atoms with Gasteiger partial charge in [-0.1, -0.05) is 20.8 Å². The Morgan fingerprint density at radius 3 is 2.14 bits per heavy atom. The van der Waals surface area contributed by atoms with E-state index in [1.165, 1.54) is 7.11 Å². The molecule has 14 heavy (non-hydrogen) atoms. The average Bonchev–Trinajstić information content (AvgIpc) is 2.17. The van der Waals surface area contributed by atoms with E-state index in [9.17, 15) is 4.79 Å². The molecule has 0 spiro atoms. The van der Waals surface area contributed by atoms with Gasteiger partial charge in [0.25, 0.3) is 0 Å². The Hall–Kier alpha value is -0.570. The summed E-state index contributed by atoms with van der Waals surface area (Å²) in [5.41, 5.74) is 0. The highest BCUT2D eigenvalue weighted by atomic mass is 16.5. The lowest BCUT2D eigenvalue weighted by molar-refractivity contribution is -0.145. The van der Waals surface area contributed by atoms with Gasteiger partial charge in [0, 0.05) is 6.54 Å². The van der Waals surface area contributed by atoms with Crippen molar-refractivity contribution in [1.29, 1.82) is 0 Å². The van der Waals surface area contributed by atoms with E-state index in [2.05, 4.69) is 18.7 Å². The molecule has 0 N–H and O–H groups in total. The van der Waals surface area contributed by atoms with Gasteiger partial charge in [-0.15, -0.1) is 0 Å². The minimum Gasteiger partial charge on any atom is -0.469 e. The van der Waals surface area contributed by atoms with Crippen molar-refractivity contribution in [2.24, 2.45) is 5.92 Å². The predicted molar refractivity (Wildman–Crippen MR) is 58.2 cm³/mol. The quantitative estimate of drug-likeness (QED) is 0.589. The molecule has 0 aliphatic carbocycles. The summed E-state index contributed by atoms with van der Waals surface area (Å²) >= 11 is 0. The molecule has 0 aliphatic heterocycles. The van der Waals surface area contributed by atoms with Crippen LogP contribution in [-0.2, 0) is 9.53 Å². The van der Waals surface area contributed by atoms with Crippen LogP contribution in [-0.4, -0.2) is 37.6 Å². The van der Waals surface area contributed by atoms with Crippen LogP contribution in [0.3, 0.4) is 0 Å². The van der Waals surface area contributed by atoms with Crippen LogP contribution in [0.1, 0.15) is 33.6 Å². The van der Waals surface area contributed by atoms with Crippen molar-refractivity contribution in [2.45, 2.75) is 33.6 Å². The minimum absolute atomic E-state index is 0.0156. The van der Waals surface area contributed by atoms with Gasteiger partial charge in [-0.3, -0.25) is 4.79 Å². The van der Waals surface area contributed by atoms with Gasteiger partial charge in [-0.25, -0.2) is 0 Å². The number of nitrogens with zero attached hydrogens (tertiary/aromatic N) is 1. The molecule has 1 atom stereocenters. The van der Waals surface area contributed by atoms with Gasteiger partial charge in [0.2, 0.25) is 0 Å². The van der Waals surface area contributed by atoms with E-state index in [-0.39, 0.29) is 11.9 Å². The van der Waals surface area contributed by atoms with Crippen molar-refractivity contribution in [3.63, 3.8) is 0 Å².